The molecule has 0 bridgehead atoms. The number of carbonyl (C=O) groups excluding carboxylic acids is 1. The lowest BCUT2D eigenvalue weighted by molar-refractivity contribution is 0.0527. The molecule has 0 aliphatic rings. The zero-order chi connectivity index (χ0) is 13.5. The molecule has 1 aromatic heterocycles. The summed E-state index contributed by atoms with van der Waals surface area (Å²) in [5.74, 6) is 0.109. The lowest BCUT2D eigenvalue weighted by atomic mass is 10.2. The molecule has 1 rings (SSSR count). The Labute approximate surface area is 110 Å². The maximum absolute atomic E-state index is 11.6. The number of rotatable bonds is 5. The highest BCUT2D eigenvalue weighted by molar-refractivity contribution is 7.99. The number of ether oxygens (including phenoxy) is 1. The van der Waals surface area contributed by atoms with Crippen molar-refractivity contribution in [1.82, 2.24) is 4.98 Å². The van der Waals surface area contributed by atoms with Crippen molar-refractivity contribution < 1.29 is 9.53 Å². The Morgan fingerprint density at radius 3 is 3.06 bits per heavy atom. The molecule has 0 spiro atoms. The van der Waals surface area contributed by atoms with Crippen LogP contribution in [0.3, 0.4) is 0 Å². The fraction of sp³-hybridized carbons (Fsp3) is 0.250. The number of nitrogens with zero attached hydrogens (tertiary/aromatic N) is 2. The van der Waals surface area contributed by atoms with Gasteiger partial charge < -0.3 is 10.5 Å². The number of carbonyl (C=O) groups is 1. The highest BCUT2D eigenvalue weighted by Crippen LogP contribution is 2.24. The molecule has 0 saturated heterocycles. The van der Waals surface area contributed by atoms with E-state index in [0.29, 0.717) is 16.3 Å². The summed E-state index contributed by atoms with van der Waals surface area (Å²) in [5.41, 5.74) is 6.11. The number of nitriles is 1. The van der Waals surface area contributed by atoms with Crippen molar-refractivity contribution in [3.05, 3.63) is 29.8 Å². The van der Waals surface area contributed by atoms with Crippen LogP contribution in [0.1, 0.15) is 22.8 Å². The molecule has 0 aromatic carbocycles. The van der Waals surface area contributed by atoms with Gasteiger partial charge in [0.25, 0.3) is 0 Å². The first-order chi connectivity index (χ1) is 8.63. The average Bonchev–Trinajstić information content (AvgIpc) is 2.36. The molecule has 0 aliphatic heterocycles. The second-order valence-corrected chi connectivity index (χ2v) is 4.21. The van der Waals surface area contributed by atoms with Crippen molar-refractivity contribution in [3.63, 3.8) is 0 Å². The number of hydrogen-bond donors (Lipinski definition) is 1. The third-order valence-corrected chi connectivity index (χ3v) is 2.96. The highest BCUT2D eigenvalue weighted by atomic mass is 32.2. The number of nitrogens with two attached hydrogens (primary N) is 1. The first-order valence-electron chi connectivity index (χ1n) is 5.25. The van der Waals surface area contributed by atoms with Gasteiger partial charge in [0.2, 0.25) is 0 Å². The largest absolute Gasteiger partial charge is 0.462 e. The van der Waals surface area contributed by atoms with E-state index in [4.69, 9.17) is 15.7 Å². The van der Waals surface area contributed by atoms with Gasteiger partial charge in [0.05, 0.1) is 12.2 Å². The van der Waals surface area contributed by atoms with Crippen LogP contribution < -0.4 is 5.73 Å². The quantitative estimate of drug-likeness (QED) is 0.496. The molecule has 6 heteroatoms. The maximum Gasteiger partial charge on any atom is 0.341 e. The maximum atomic E-state index is 11.6. The summed E-state index contributed by atoms with van der Waals surface area (Å²) in [7, 11) is 0. The summed E-state index contributed by atoms with van der Waals surface area (Å²) < 4.78 is 4.84. The van der Waals surface area contributed by atoms with Crippen LogP contribution in [0.4, 0.5) is 5.82 Å². The van der Waals surface area contributed by atoms with Crippen molar-refractivity contribution in [1.29, 1.82) is 5.26 Å². The van der Waals surface area contributed by atoms with Gasteiger partial charge in [-0.25, -0.2) is 9.78 Å². The Morgan fingerprint density at radius 1 is 1.78 bits per heavy atom. The van der Waals surface area contributed by atoms with E-state index in [1.54, 1.807) is 13.0 Å². The first kappa shape index (κ1) is 14.1. The second kappa shape index (κ2) is 6.67. The molecular formula is C12H13N3O2S. The summed E-state index contributed by atoms with van der Waals surface area (Å²) >= 11 is 1.34. The summed E-state index contributed by atoms with van der Waals surface area (Å²) in [4.78, 5) is 15.6. The van der Waals surface area contributed by atoms with Crippen molar-refractivity contribution >= 4 is 23.5 Å². The van der Waals surface area contributed by atoms with Crippen LogP contribution in [-0.4, -0.2) is 23.3 Å². The molecule has 0 fully saturated rings. The SMILES string of the molecule is C=CCSc1nc(N)c(C(=O)OCC)cc1C#N. The van der Waals surface area contributed by atoms with E-state index < -0.39 is 5.97 Å². The molecule has 0 aliphatic carbocycles. The number of anilines is 1. The van der Waals surface area contributed by atoms with Gasteiger partial charge in [-0.05, 0) is 13.0 Å². The van der Waals surface area contributed by atoms with E-state index in [2.05, 4.69) is 11.6 Å². The van der Waals surface area contributed by atoms with Crippen LogP contribution in [0.2, 0.25) is 0 Å². The Bertz CT molecular complexity index is 509. The van der Waals surface area contributed by atoms with Crippen LogP contribution in [-0.2, 0) is 4.74 Å². The van der Waals surface area contributed by atoms with Gasteiger partial charge in [-0.2, -0.15) is 5.26 Å². The molecule has 1 heterocycles. The van der Waals surface area contributed by atoms with Crippen molar-refractivity contribution in [3.8, 4) is 6.07 Å². The van der Waals surface area contributed by atoms with Gasteiger partial charge in [0, 0.05) is 5.75 Å². The Kier molecular flexibility index (Phi) is 5.21. The molecule has 18 heavy (non-hydrogen) atoms. The molecular weight excluding hydrogens is 250 g/mol. The van der Waals surface area contributed by atoms with Crippen molar-refractivity contribution in [2.75, 3.05) is 18.1 Å². The normalized spacial score (nSPS) is 9.56. The van der Waals surface area contributed by atoms with Gasteiger partial charge >= 0.3 is 5.97 Å². The molecule has 0 atom stereocenters. The molecule has 0 saturated carbocycles. The lowest BCUT2D eigenvalue weighted by Gasteiger charge is -2.08. The Morgan fingerprint density at radius 2 is 2.50 bits per heavy atom. The van der Waals surface area contributed by atoms with Crippen molar-refractivity contribution in [2.24, 2.45) is 0 Å². The number of pyridine rings is 1. The minimum atomic E-state index is -0.570. The van der Waals surface area contributed by atoms with E-state index in [1.165, 1.54) is 17.8 Å². The van der Waals surface area contributed by atoms with Crippen LogP contribution in [0.25, 0.3) is 0 Å². The van der Waals surface area contributed by atoms with Gasteiger partial charge in [-0.3, -0.25) is 0 Å². The number of hydrogen-bond acceptors (Lipinski definition) is 6. The molecule has 5 nitrogen and oxygen atoms in total. The van der Waals surface area contributed by atoms with E-state index in [9.17, 15) is 4.79 Å². The van der Waals surface area contributed by atoms with E-state index in [0.717, 1.165) is 0 Å². The van der Waals surface area contributed by atoms with Crippen LogP contribution >= 0.6 is 11.8 Å². The standard InChI is InChI=1S/C12H13N3O2S/c1-3-5-18-11-8(7-13)6-9(10(14)15-11)12(16)17-4-2/h3,6H,1,4-5H2,2H3,(H2,14,15). The summed E-state index contributed by atoms with van der Waals surface area (Å²) in [6.45, 7) is 5.53. The molecule has 0 unspecified atom stereocenters. The predicted molar refractivity (Wildman–Crippen MR) is 70.2 cm³/mol. The number of esters is 1. The van der Waals surface area contributed by atoms with Gasteiger partial charge in [0.15, 0.2) is 0 Å². The summed E-state index contributed by atoms with van der Waals surface area (Å²) in [6.07, 6.45) is 1.70. The fourth-order valence-electron chi connectivity index (χ4n) is 1.21. The average molecular weight is 263 g/mol. The number of thioether (sulfide) groups is 1. The van der Waals surface area contributed by atoms with Crippen molar-refractivity contribution in [2.45, 2.75) is 11.9 Å². The van der Waals surface area contributed by atoms with Crippen LogP contribution in [0.5, 0.6) is 0 Å². The highest BCUT2D eigenvalue weighted by Gasteiger charge is 2.16. The third kappa shape index (κ3) is 3.25. The van der Waals surface area contributed by atoms with Crippen LogP contribution in [0.15, 0.2) is 23.7 Å². The second-order valence-electron chi connectivity index (χ2n) is 3.21. The molecule has 94 valence electrons. The Hall–Kier alpha value is -2.00. The number of aromatic nitrogens is 1. The molecule has 1 aromatic rings. The summed E-state index contributed by atoms with van der Waals surface area (Å²) in [5, 5.41) is 9.51. The number of nitrogen functional groups attached to an aromatic ring is 1. The molecule has 0 radical (unpaired) electrons. The zero-order valence-corrected chi connectivity index (χ0v) is 10.8. The van der Waals surface area contributed by atoms with Crippen LogP contribution in [0, 0.1) is 11.3 Å². The monoisotopic (exact) mass is 263 g/mol. The van der Waals surface area contributed by atoms with E-state index in [1.807, 2.05) is 6.07 Å². The topological polar surface area (TPSA) is 89.0 Å². The first-order valence-corrected chi connectivity index (χ1v) is 6.24. The predicted octanol–water partition coefficient (Wildman–Crippen LogP) is 1.99. The molecule has 2 N–H and O–H groups in total. The lowest BCUT2D eigenvalue weighted by Crippen LogP contribution is -2.10. The van der Waals surface area contributed by atoms with E-state index >= 15 is 0 Å². The smallest absolute Gasteiger partial charge is 0.341 e. The Balaban J connectivity index is 3.14. The third-order valence-electron chi connectivity index (χ3n) is 1.97. The van der Waals surface area contributed by atoms with E-state index in [-0.39, 0.29) is 18.0 Å². The summed E-state index contributed by atoms with van der Waals surface area (Å²) in [6, 6.07) is 3.40. The minimum absolute atomic E-state index is 0.0685. The van der Waals surface area contributed by atoms with Gasteiger partial charge in [-0.1, -0.05) is 6.08 Å². The zero-order valence-electron chi connectivity index (χ0n) is 9.97. The fourth-order valence-corrected chi connectivity index (χ4v) is 1.91. The van der Waals surface area contributed by atoms with Gasteiger partial charge in [0.1, 0.15) is 22.5 Å². The van der Waals surface area contributed by atoms with Gasteiger partial charge in [-0.15, -0.1) is 18.3 Å². The minimum Gasteiger partial charge on any atom is -0.462 e. The molecule has 0 amide bonds.